The van der Waals surface area contributed by atoms with E-state index in [1.54, 1.807) is 0 Å². The SMILES string of the molecule is Nc1nc2c(ncn2[C@@H]2O[C@@H]3CO[P@](=O)(S)O[C@H]4[C@@H](F)[C@H](n5cnc6c(N)ncnc65)O[C@@H]4CO[P@@](=O)(S)O[C@H]3[C@H]2F)c(=O)[nH]1. The first-order valence-corrected chi connectivity index (χ1v) is 18.3. The summed E-state index contributed by atoms with van der Waals surface area (Å²) in [5, 5.41) is 0. The smallest absolute Gasteiger partial charge is 0.382 e. The number of hydrogen-bond acceptors (Lipinski definition) is 16. The van der Waals surface area contributed by atoms with Gasteiger partial charge in [-0.25, -0.2) is 37.8 Å². The van der Waals surface area contributed by atoms with Crippen LogP contribution in [0.5, 0.6) is 0 Å². The Labute approximate surface area is 259 Å². The maximum Gasteiger partial charge on any atom is 0.386 e. The highest BCUT2D eigenvalue weighted by molar-refractivity contribution is 8.44. The molecule has 0 spiro atoms. The number of thiol groups is 2. The number of ether oxygens (including phenoxy) is 2. The number of H-pyrrole nitrogens is 1. The zero-order valence-electron chi connectivity index (χ0n) is 22.3. The van der Waals surface area contributed by atoms with E-state index in [0.29, 0.717) is 0 Å². The molecule has 0 radical (unpaired) electrons. The molecule has 7 rings (SSSR count). The summed E-state index contributed by atoms with van der Waals surface area (Å²) in [5.74, 6) is -0.231. The standard InChI is InChI=1S/C20H22F2N10O9P2S2/c21-8-12-6(38-18(8)31-4-27-10-14(23)25-3-26-15(10)31)1-36-43(35,45)41-13-7(2-37-42(34,44)40-12)39-19(9(13)22)32-5-28-11-16(32)29-20(24)30-17(11)33/h3-9,12-13,18-19H,1-2H2,(H,34,44)(H,35,45)(H2,23,25,26)(H3,24,29,30,33)/t6-,7-,8-,9-,12-,13-,18-,19-,42+,43-/m1/s1. The van der Waals surface area contributed by atoms with Crippen LogP contribution in [-0.2, 0) is 36.7 Å². The molecule has 0 saturated carbocycles. The number of rotatable bonds is 2. The molecule has 7 heterocycles. The largest absolute Gasteiger partial charge is 0.386 e. The molecule has 3 saturated heterocycles. The Morgan fingerprint density at radius 2 is 1.38 bits per heavy atom. The summed E-state index contributed by atoms with van der Waals surface area (Å²) in [6, 6.07) is 0. The van der Waals surface area contributed by atoms with Crippen molar-refractivity contribution in [3.8, 4) is 0 Å². The molecular formula is C20H22F2N10O9P2S2. The van der Waals surface area contributed by atoms with E-state index >= 15 is 8.78 Å². The quantitative estimate of drug-likeness (QED) is 0.146. The number of nitrogens with one attached hydrogen (secondary N) is 1. The van der Waals surface area contributed by atoms with Crippen molar-refractivity contribution in [1.82, 2.24) is 39.0 Å². The molecule has 45 heavy (non-hydrogen) atoms. The average Bonchev–Trinajstić information content (AvgIpc) is 3.72. The molecule has 3 fully saturated rings. The molecule has 0 aliphatic carbocycles. The second-order valence-electron chi connectivity index (χ2n) is 10.0. The summed E-state index contributed by atoms with van der Waals surface area (Å²) in [6.07, 6.45) is -9.92. The van der Waals surface area contributed by atoms with E-state index < -0.39 is 81.6 Å². The van der Waals surface area contributed by atoms with Crippen LogP contribution in [0.2, 0.25) is 0 Å². The van der Waals surface area contributed by atoms with Crippen LogP contribution in [0, 0.1) is 0 Å². The molecule has 0 aromatic carbocycles. The summed E-state index contributed by atoms with van der Waals surface area (Å²) in [4.78, 5) is 34.4. The number of nitrogen functional groups attached to an aromatic ring is 2. The van der Waals surface area contributed by atoms with Crippen LogP contribution >= 0.6 is 38.1 Å². The number of alkyl halides is 2. The number of anilines is 2. The van der Waals surface area contributed by atoms with E-state index in [0.717, 1.165) is 17.2 Å². The second-order valence-corrected chi connectivity index (χ2v) is 15.8. The van der Waals surface area contributed by atoms with E-state index in [1.165, 1.54) is 10.9 Å². The molecule has 242 valence electrons. The zero-order chi connectivity index (χ0) is 31.8. The van der Waals surface area contributed by atoms with Crippen LogP contribution in [0.15, 0.2) is 23.8 Å². The Morgan fingerprint density at radius 3 is 1.96 bits per heavy atom. The monoisotopic (exact) mass is 710 g/mol. The van der Waals surface area contributed by atoms with Crippen molar-refractivity contribution in [1.29, 1.82) is 0 Å². The van der Waals surface area contributed by atoms with Gasteiger partial charge in [0.25, 0.3) is 5.56 Å². The molecule has 19 nitrogen and oxygen atoms in total. The minimum Gasteiger partial charge on any atom is -0.382 e. The highest BCUT2D eigenvalue weighted by Gasteiger charge is 2.54. The first-order chi connectivity index (χ1) is 21.3. The van der Waals surface area contributed by atoms with E-state index in [9.17, 15) is 13.9 Å². The van der Waals surface area contributed by atoms with Gasteiger partial charge in [0, 0.05) is 0 Å². The summed E-state index contributed by atoms with van der Waals surface area (Å²) in [7, 11) is 0. The lowest BCUT2D eigenvalue weighted by Crippen LogP contribution is -2.36. The summed E-state index contributed by atoms with van der Waals surface area (Å²) < 4.78 is 94.2. The molecule has 3 aliphatic rings. The van der Waals surface area contributed by atoms with Crippen molar-refractivity contribution < 1.29 is 45.5 Å². The Hall–Kier alpha value is -2.72. The predicted molar refractivity (Wildman–Crippen MR) is 155 cm³/mol. The Balaban J connectivity index is 1.17. The number of fused-ring (bicyclic) bond motifs is 4. The van der Waals surface area contributed by atoms with E-state index in [1.807, 2.05) is 0 Å². The molecule has 4 aromatic heterocycles. The fourth-order valence-corrected chi connectivity index (χ4v) is 8.21. The van der Waals surface area contributed by atoms with Gasteiger partial charge in [0.2, 0.25) is 5.95 Å². The number of hydrogen-bond donors (Lipinski definition) is 5. The topological polar surface area (TPSA) is 249 Å². The van der Waals surface area contributed by atoms with Gasteiger partial charge in [-0.3, -0.25) is 37.0 Å². The Morgan fingerprint density at radius 1 is 0.844 bits per heavy atom. The first kappa shape index (κ1) is 30.9. The molecule has 4 aromatic rings. The molecular weight excluding hydrogens is 688 g/mol. The number of nitrogens with zero attached hydrogens (tertiary/aromatic N) is 7. The summed E-state index contributed by atoms with van der Waals surface area (Å²) in [5.41, 5.74) is 10.8. The lowest BCUT2D eigenvalue weighted by Gasteiger charge is -2.28. The van der Waals surface area contributed by atoms with Crippen molar-refractivity contribution in [3.63, 3.8) is 0 Å². The van der Waals surface area contributed by atoms with Crippen LogP contribution in [0.4, 0.5) is 20.5 Å². The predicted octanol–water partition coefficient (Wildman–Crippen LogP) is 1.49. The Kier molecular flexibility index (Phi) is 7.70. The molecule has 0 amide bonds. The van der Waals surface area contributed by atoms with Gasteiger partial charge in [-0.2, -0.15) is 4.98 Å². The number of aromatic nitrogens is 8. The van der Waals surface area contributed by atoms with Gasteiger partial charge in [-0.15, -0.1) is 0 Å². The van der Waals surface area contributed by atoms with Crippen molar-refractivity contribution >= 4 is 72.2 Å². The number of imidazole rings is 2. The van der Waals surface area contributed by atoms with Crippen molar-refractivity contribution in [2.75, 3.05) is 24.7 Å². The third-order valence-corrected chi connectivity index (χ3v) is 10.5. The van der Waals surface area contributed by atoms with Crippen LogP contribution in [0.3, 0.4) is 0 Å². The fraction of sp³-hybridized carbons (Fsp3) is 0.500. The molecule has 5 N–H and O–H groups in total. The summed E-state index contributed by atoms with van der Waals surface area (Å²) >= 11 is 7.94. The molecule has 3 aliphatic heterocycles. The third kappa shape index (κ3) is 5.53. The highest BCUT2D eigenvalue weighted by atomic mass is 32.7. The van der Waals surface area contributed by atoms with Gasteiger partial charge in [-0.05, 0) is 0 Å². The lowest BCUT2D eigenvalue weighted by atomic mass is 10.1. The first-order valence-electron chi connectivity index (χ1n) is 12.9. The maximum atomic E-state index is 16.0. The molecule has 0 bridgehead atoms. The van der Waals surface area contributed by atoms with Crippen molar-refractivity contribution in [2.45, 2.75) is 49.2 Å². The molecule has 0 unspecified atom stereocenters. The van der Waals surface area contributed by atoms with Gasteiger partial charge < -0.3 is 20.9 Å². The Bertz CT molecular complexity index is 1950. The summed E-state index contributed by atoms with van der Waals surface area (Å²) in [6.45, 7) is -10.3. The molecule has 25 heteroatoms. The van der Waals surface area contributed by atoms with Gasteiger partial charge in [-0.1, -0.05) is 24.5 Å². The zero-order valence-corrected chi connectivity index (χ0v) is 25.8. The van der Waals surface area contributed by atoms with Gasteiger partial charge in [0.15, 0.2) is 47.4 Å². The van der Waals surface area contributed by atoms with Crippen LogP contribution < -0.4 is 17.0 Å². The maximum absolute atomic E-state index is 16.0. The fourth-order valence-electron chi connectivity index (χ4n) is 5.25. The lowest BCUT2D eigenvalue weighted by molar-refractivity contribution is -0.0544. The van der Waals surface area contributed by atoms with E-state index in [4.69, 9.17) is 39.0 Å². The van der Waals surface area contributed by atoms with Crippen molar-refractivity contribution in [2.24, 2.45) is 0 Å². The van der Waals surface area contributed by atoms with E-state index in [-0.39, 0.29) is 34.1 Å². The number of nitrogens with two attached hydrogens (primary N) is 2. The third-order valence-electron chi connectivity index (χ3n) is 7.23. The average molecular weight is 711 g/mol. The van der Waals surface area contributed by atoms with Crippen LogP contribution in [0.25, 0.3) is 22.3 Å². The van der Waals surface area contributed by atoms with Gasteiger partial charge in [0.1, 0.15) is 36.3 Å². The number of halogens is 2. The van der Waals surface area contributed by atoms with E-state index in [2.05, 4.69) is 54.4 Å². The normalized spacial score (nSPS) is 37.7. The highest BCUT2D eigenvalue weighted by Crippen LogP contribution is 2.60. The van der Waals surface area contributed by atoms with Crippen LogP contribution in [-0.4, -0.2) is 89.0 Å². The number of aromatic amines is 1. The molecule has 10 atom stereocenters. The minimum absolute atomic E-state index is 0.0381. The van der Waals surface area contributed by atoms with Gasteiger partial charge in [0.05, 0.1) is 25.9 Å². The van der Waals surface area contributed by atoms with Gasteiger partial charge >= 0.3 is 13.6 Å². The van der Waals surface area contributed by atoms with Crippen molar-refractivity contribution in [3.05, 3.63) is 29.3 Å². The minimum atomic E-state index is -4.44. The van der Waals surface area contributed by atoms with Crippen LogP contribution in [0.1, 0.15) is 12.5 Å². The second kappa shape index (κ2) is 11.2.